The Bertz CT molecular complexity index is 895. The monoisotopic (exact) mass is 480 g/mol. The van der Waals surface area contributed by atoms with Gasteiger partial charge in [0.1, 0.15) is 12.3 Å². The lowest BCUT2D eigenvalue weighted by molar-refractivity contribution is -0.142. The first-order valence-electron chi connectivity index (χ1n) is 8.39. The summed E-state index contributed by atoms with van der Waals surface area (Å²) >= 11 is 8.71. The van der Waals surface area contributed by atoms with Crippen molar-refractivity contribution in [2.75, 3.05) is 31.1 Å². The molecule has 2 aromatic rings. The Morgan fingerprint density at radius 2 is 1.93 bits per heavy atom. The second kappa shape index (κ2) is 7.82. The molecule has 0 unspecified atom stereocenters. The van der Waals surface area contributed by atoms with E-state index in [1.54, 1.807) is 23.1 Å². The fourth-order valence-electron chi connectivity index (χ4n) is 3.00. The highest BCUT2D eigenvalue weighted by Gasteiger charge is 2.38. The molecule has 1 aromatic heterocycles. The van der Waals surface area contributed by atoms with Crippen LogP contribution in [-0.2, 0) is 17.5 Å². The number of alkyl halides is 3. The molecule has 0 radical (unpaired) electrons. The van der Waals surface area contributed by atoms with Crippen LogP contribution in [0.15, 0.2) is 22.7 Å². The standard InChI is InChI=1S/C17H17BrClF3N4O2/c1-10-15(18)16(17(20,21)22)23-26(10)9-14(28)25-6-4-24(5-7-25)11-2-3-12(19)13(27)8-11/h2-3,8,27H,4-7,9H2,1H3. The number of aromatic nitrogens is 2. The van der Waals surface area contributed by atoms with Gasteiger partial charge in [0.05, 0.1) is 15.2 Å². The molecule has 0 aliphatic carbocycles. The van der Waals surface area contributed by atoms with Crippen molar-refractivity contribution in [3.05, 3.63) is 39.1 Å². The van der Waals surface area contributed by atoms with Gasteiger partial charge in [-0.15, -0.1) is 0 Å². The maximum absolute atomic E-state index is 13.0. The van der Waals surface area contributed by atoms with E-state index >= 15 is 0 Å². The van der Waals surface area contributed by atoms with Crippen LogP contribution in [0, 0.1) is 6.92 Å². The van der Waals surface area contributed by atoms with E-state index in [0.29, 0.717) is 26.2 Å². The van der Waals surface area contributed by atoms with Crippen molar-refractivity contribution in [1.82, 2.24) is 14.7 Å². The predicted octanol–water partition coefficient (Wildman–Crippen LogP) is 3.68. The molecule has 1 aromatic carbocycles. The number of nitrogens with zero attached hydrogens (tertiary/aromatic N) is 4. The first-order chi connectivity index (χ1) is 13.1. The van der Waals surface area contributed by atoms with Gasteiger partial charge in [-0.1, -0.05) is 11.6 Å². The largest absolute Gasteiger partial charge is 0.506 e. The topological polar surface area (TPSA) is 61.6 Å². The van der Waals surface area contributed by atoms with Crippen molar-refractivity contribution in [2.45, 2.75) is 19.6 Å². The van der Waals surface area contributed by atoms with Crippen LogP contribution in [0.5, 0.6) is 5.75 Å². The number of halogens is 5. The highest BCUT2D eigenvalue weighted by Crippen LogP contribution is 2.35. The summed E-state index contributed by atoms with van der Waals surface area (Å²) < 4.78 is 39.8. The third-order valence-electron chi connectivity index (χ3n) is 4.61. The van der Waals surface area contributed by atoms with Crippen molar-refractivity contribution in [1.29, 1.82) is 0 Å². The number of hydrogen-bond donors (Lipinski definition) is 1. The number of phenols is 1. The zero-order valence-corrected chi connectivity index (χ0v) is 17.1. The van der Waals surface area contributed by atoms with E-state index < -0.39 is 11.9 Å². The maximum atomic E-state index is 13.0. The van der Waals surface area contributed by atoms with Crippen LogP contribution in [0.25, 0.3) is 0 Å². The number of amides is 1. The molecule has 152 valence electrons. The fourth-order valence-corrected chi connectivity index (χ4v) is 3.63. The molecule has 1 N–H and O–H groups in total. The molecule has 2 heterocycles. The van der Waals surface area contributed by atoms with Crippen LogP contribution in [0.2, 0.25) is 5.02 Å². The van der Waals surface area contributed by atoms with Crippen molar-refractivity contribution in [3.63, 3.8) is 0 Å². The highest BCUT2D eigenvalue weighted by molar-refractivity contribution is 9.10. The smallest absolute Gasteiger partial charge is 0.436 e. The second-order valence-corrected chi connectivity index (χ2v) is 7.61. The van der Waals surface area contributed by atoms with E-state index in [-0.39, 0.29) is 33.4 Å². The molecule has 1 saturated heterocycles. The summed E-state index contributed by atoms with van der Waals surface area (Å²) in [5.41, 5.74) is -0.00298. The zero-order chi connectivity index (χ0) is 20.6. The van der Waals surface area contributed by atoms with Crippen LogP contribution in [0.1, 0.15) is 11.4 Å². The van der Waals surface area contributed by atoms with E-state index in [0.717, 1.165) is 10.4 Å². The predicted molar refractivity (Wildman–Crippen MR) is 102 cm³/mol. The van der Waals surface area contributed by atoms with Crippen molar-refractivity contribution in [2.24, 2.45) is 0 Å². The number of phenolic OH excluding ortho intramolecular Hbond substituents is 1. The fraction of sp³-hybridized carbons (Fsp3) is 0.412. The van der Waals surface area contributed by atoms with E-state index in [1.807, 2.05) is 4.90 Å². The molecule has 1 aliphatic rings. The van der Waals surface area contributed by atoms with Gasteiger partial charge >= 0.3 is 6.18 Å². The lowest BCUT2D eigenvalue weighted by Gasteiger charge is -2.36. The minimum atomic E-state index is -4.59. The minimum Gasteiger partial charge on any atom is -0.506 e. The summed E-state index contributed by atoms with van der Waals surface area (Å²) in [6, 6.07) is 4.94. The molecule has 3 rings (SSSR count). The number of anilines is 1. The van der Waals surface area contributed by atoms with Gasteiger partial charge in [0.2, 0.25) is 5.91 Å². The van der Waals surface area contributed by atoms with Gasteiger partial charge in [-0.05, 0) is 35.0 Å². The third kappa shape index (κ3) is 4.22. The summed E-state index contributed by atoms with van der Waals surface area (Å²) in [6.07, 6.45) is -4.59. The van der Waals surface area contributed by atoms with Crippen LogP contribution in [-0.4, -0.2) is 51.9 Å². The summed E-state index contributed by atoms with van der Waals surface area (Å²) in [4.78, 5) is 16.1. The third-order valence-corrected chi connectivity index (χ3v) is 5.88. The maximum Gasteiger partial charge on any atom is 0.436 e. The number of aromatic hydroxyl groups is 1. The molecule has 28 heavy (non-hydrogen) atoms. The lowest BCUT2D eigenvalue weighted by atomic mass is 10.2. The molecule has 0 bridgehead atoms. The SMILES string of the molecule is Cc1c(Br)c(C(F)(F)F)nn1CC(=O)N1CCN(c2ccc(Cl)c(O)c2)CC1. The quantitative estimate of drug-likeness (QED) is 0.727. The Labute approximate surface area is 172 Å². The van der Waals surface area contributed by atoms with E-state index in [2.05, 4.69) is 21.0 Å². The molecule has 6 nitrogen and oxygen atoms in total. The lowest BCUT2D eigenvalue weighted by Crippen LogP contribution is -2.49. The first kappa shape index (κ1) is 20.8. The number of carbonyl (C=O) groups is 1. The summed E-state index contributed by atoms with van der Waals surface area (Å²) in [6.45, 7) is 3.10. The Hall–Kier alpha value is -1.94. The van der Waals surface area contributed by atoms with Gasteiger partial charge in [0.15, 0.2) is 5.69 Å². The Kier molecular flexibility index (Phi) is 5.81. The van der Waals surface area contributed by atoms with Crippen molar-refractivity contribution >= 4 is 39.1 Å². The number of benzene rings is 1. The van der Waals surface area contributed by atoms with Crippen molar-refractivity contribution < 1.29 is 23.1 Å². The number of hydrogen-bond acceptors (Lipinski definition) is 4. The van der Waals surface area contributed by atoms with E-state index in [9.17, 15) is 23.1 Å². The van der Waals surface area contributed by atoms with Gasteiger partial charge in [-0.25, -0.2) is 0 Å². The summed E-state index contributed by atoms with van der Waals surface area (Å²) in [5, 5.41) is 13.5. The average molecular weight is 482 g/mol. The van der Waals surface area contributed by atoms with Gasteiger partial charge in [0, 0.05) is 37.9 Å². The number of piperazine rings is 1. The molecule has 0 atom stereocenters. The Morgan fingerprint density at radius 1 is 1.29 bits per heavy atom. The van der Waals surface area contributed by atoms with Gasteiger partial charge in [0.25, 0.3) is 0 Å². The van der Waals surface area contributed by atoms with E-state index in [4.69, 9.17) is 11.6 Å². The summed E-state index contributed by atoms with van der Waals surface area (Å²) in [7, 11) is 0. The van der Waals surface area contributed by atoms with Gasteiger partial charge in [-0.3, -0.25) is 9.48 Å². The first-order valence-corrected chi connectivity index (χ1v) is 9.56. The molecule has 1 amide bonds. The highest BCUT2D eigenvalue weighted by atomic mass is 79.9. The Morgan fingerprint density at radius 3 is 2.46 bits per heavy atom. The van der Waals surface area contributed by atoms with Gasteiger partial charge < -0.3 is 14.9 Å². The van der Waals surface area contributed by atoms with Crippen LogP contribution in [0.3, 0.4) is 0 Å². The molecule has 1 fully saturated rings. The summed E-state index contributed by atoms with van der Waals surface area (Å²) in [5.74, 6) is -0.316. The van der Waals surface area contributed by atoms with Gasteiger partial charge in [-0.2, -0.15) is 18.3 Å². The van der Waals surface area contributed by atoms with Crippen LogP contribution >= 0.6 is 27.5 Å². The molecule has 11 heteroatoms. The number of rotatable bonds is 3. The normalized spacial score (nSPS) is 15.2. The average Bonchev–Trinajstić information content (AvgIpc) is 2.92. The second-order valence-electron chi connectivity index (χ2n) is 6.41. The molecule has 1 aliphatic heterocycles. The Balaban J connectivity index is 1.64. The molecular formula is C17H17BrClF3N4O2. The molecular weight excluding hydrogens is 465 g/mol. The molecule has 0 spiro atoms. The minimum absolute atomic E-state index is 0.0159. The zero-order valence-electron chi connectivity index (χ0n) is 14.8. The van der Waals surface area contributed by atoms with Crippen molar-refractivity contribution in [3.8, 4) is 5.75 Å². The van der Waals surface area contributed by atoms with Crippen LogP contribution < -0.4 is 4.90 Å². The van der Waals surface area contributed by atoms with Crippen LogP contribution in [0.4, 0.5) is 18.9 Å². The number of carbonyl (C=O) groups excluding carboxylic acids is 1. The van der Waals surface area contributed by atoms with E-state index in [1.165, 1.54) is 6.92 Å². The molecule has 0 saturated carbocycles.